The third kappa shape index (κ3) is 3.13. The fraction of sp³-hybridized carbons (Fsp3) is 0.769. The number of nitrogens with zero attached hydrogens (tertiary/aromatic N) is 2. The van der Waals surface area contributed by atoms with E-state index in [-0.39, 0.29) is 8.41 Å². The van der Waals surface area contributed by atoms with Crippen LogP contribution in [0.4, 0.5) is 0 Å². The van der Waals surface area contributed by atoms with Crippen molar-refractivity contribution in [3.05, 3.63) is 17.2 Å². The molecule has 0 aliphatic carbocycles. The van der Waals surface area contributed by atoms with Crippen LogP contribution in [-0.2, 0) is 25.8 Å². The lowest BCUT2D eigenvalue weighted by molar-refractivity contribution is 0.585. The maximum Gasteiger partial charge on any atom is 0.108 e. The molecule has 3 heteroatoms. The average molecular weight is 222 g/mol. The molecule has 0 spiro atoms. The molecule has 16 heavy (non-hydrogen) atoms. The summed E-state index contributed by atoms with van der Waals surface area (Å²) in [4.78, 5) is 4.73. The minimum atomic E-state index is 0. The second kappa shape index (κ2) is 7.53. The molecule has 0 bridgehead atoms. The van der Waals surface area contributed by atoms with Crippen LogP contribution in [0.15, 0.2) is 0 Å². The molecular formula is C13H27BN2. The first-order valence-electron chi connectivity index (χ1n) is 6.35. The molecule has 1 heterocycles. The Labute approximate surface area is 102 Å². The van der Waals surface area contributed by atoms with Gasteiger partial charge < -0.3 is 4.57 Å². The van der Waals surface area contributed by atoms with Gasteiger partial charge in [-0.25, -0.2) is 4.98 Å². The van der Waals surface area contributed by atoms with Crippen molar-refractivity contribution in [3.8, 4) is 0 Å². The maximum atomic E-state index is 4.73. The molecule has 0 N–H and O–H groups in total. The van der Waals surface area contributed by atoms with Gasteiger partial charge in [-0.2, -0.15) is 0 Å². The van der Waals surface area contributed by atoms with E-state index in [1.54, 1.807) is 0 Å². The topological polar surface area (TPSA) is 17.8 Å². The van der Waals surface area contributed by atoms with Gasteiger partial charge in [0.1, 0.15) is 5.82 Å². The highest BCUT2D eigenvalue weighted by Gasteiger charge is 2.12. The number of aryl methyl sites for hydroxylation is 2. The Morgan fingerprint density at radius 3 is 2.12 bits per heavy atom. The summed E-state index contributed by atoms with van der Waals surface area (Å²) in [6.45, 7) is 10.0. The molecule has 0 amide bonds. The Kier molecular flexibility index (Phi) is 7.19. The van der Waals surface area contributed by atoms with Crippen LogP contribution < -0.4 is 0 Å². The van der Waals surface area contributed by atoms with Gasteiger partial charge in [0.15, 0.2) is 0 Å². The fourth-order valence-corrected chi connectivity index (χ4v) is 2.12. The first kappa shape index (κ1) is 15.3. The molecule has 0 aliphatic heterocycles. The highest BCUT2D eigenvalue weighted by atomic mass is 15.1. The van der Waals surface area contributed by atoms with Crippen LogP contribution in [0, 0.1) is 0 Å². The summed E-state index contributed by atoms with van der Waals surface area (Å²) in [5.74, 6) is 1.28. The predicted octanol–water partition coefficient (Wildman–Crippen LogP) is 2.19. The Morgan fingerprint density at radius 1 is 1.00 bits per heavy atom. The quantitative estimate of drug-likeness (QED) is 0.674. The monoisotopic (exact) mass is 222 g/mol. The van der Waals surface area contributed by atoms with Gasteiger partial charge in [0, 0.05) is 18.7 Å². The van der Waals surface area contributed by atoms with Gasteiger partial charge in [-0.3, -0.25) is 0 Å². The van der Waals surface area contributed by atoms with Crippen molar-refractivity contribution in [2.45, 2.75) is 66.3 Å². The minimum absolute atomic E-state index is 0. The maximum absolute atomic E-state index is 4.73. The third-order valence-corrected chi connectivity index (χ3v) is 2.96. The van der Waals surface area contributed by atoms with Crippen molar-refractivity contribution in [2.75, 3.05) is 0 Å². The molecule has 0 fully saturated rings. The Morgan fingerprint density at radius 2 is 1.69 bits per heavy atom. The highest BCUT2D eigenvalue weighted by molar-refractivity contribution is 5.75. The van der Waals surface area contributed by atoms with Crippen molar-refractivity contribution in [2.24, 2.45) is 0 Å². The van der Waals surface area contributed by atoms with E-state index in [0.29, 0.717) is 0 Å². The summed E-state index contributed by atoms with van der Waals surface area (Å²) >= 11 is 0. The molecule has 1 aromatic rings. The number of hydrogen-bond donors (Lipinski definition) is 0. The molecule has 0 saturated heterocycles. The molecule has 1 aromatic heterocycles. The molecule has 0 aromatic carbocycles. The lowest BCUT2D eigenvalue weighted by Crippen LogP contribution is -2.07. The second-order valence-electron chi connectivity index (χ2n) is 3.99. The van der Waals surface area contributed by atoms with E-state index in [2.05, 4.69) is 32.3 Å². The number of imidazole rings is 1. The zero-order valence-corrected chi connectivity index (χ0v) is 10.6. The Bertz CT molecular complexity index is 305. The van der Waals surface area contributed by atoms with Crippen molar-refractivity contribution >= 4 is 8.41 Å². The predicted molar refractivity (Wildman–Crippen MR) is 75.2 cm³/mol. The standard InChI is InChI=1S/C13H24N2.BH3/c1-5-9-10-15-12(7-3)11(6-2)14-13(15)8-4;/h5-10H2,1-4H3;1H3. The van der Waals surface area contributed by atoms with Gasteiger partial charge in [0.2, 0.25) is 0 Å². The second-order valence-corrected chi connectivity index (χ2v) is 3.99. The number of unbranched alkanes of at least 4 members (excludes halogenated alkanes) is 1. The van der Waals surface area contributed by atoms with E-state index in [1.807, 2.05) is 0 Å². The van der Waals surface area contributed by atoms with E-state index in [4.69, 9.17) is 4.98 Å². The van der Waals surface area contributed by atoms with Gasteiger partial charge >= 0.3 is 0 Å². The summed E-state index contributed by atoms with van der Waals surface area (Å²) in [7, 11) is 0. The third-order valence-electron chi connectivity index (χ3n) is 2.96. The van der Waals surface area contributed by atoms with Crippen LogP contribution in [0.1, 0.15) is 57.7 Å². The Balaban J connectivity index is 0.00000225. The Hall–Kier alpha value is -0.725. The fourth-order valence-electron chi connectivity index (χ4n) is 2.12. The summed E-state index contributed by atoms with van der Waals surface area (Å²) in [5.41, 5.74) is 2.77. The molecule has 0 radical (unpaired) electrons. The smallest absolute Gasteiger partial charge is 0.108 e. The number of hydrogen-bond acceptors (Lipinski definition) is 1. The van der Waals surface area contributed by atoms with Crippen molar-refractivity contribution in [1.82, 2.24) is 9.55 Å². The van der Waals surface area contributed by atoms with E-state index < -0.39 is 0 Å². The van der Waals surface area contributed by atoms with E-state index in [9.17, 15) is 0 Å². The first-order valence-corrected chi connectivity index (χ1v) is 6.35. The summed E-state index contributed by atoms with van der Waals surface area (Å²) in [6, 6.07) is 0. The summed E-state index contributed by atoms with van der Waals surface area (Å²) in [6.07, 6.45) is 5.75. The molecule has 0 aliphatic rings. The molecule has 0 unspecified atom stereocenters. The van der Waals surface area contributed by atoms with E-state index in [0.717, 1.165) is 25.8 Å². The molecule has 1 rings (SSSR count). The van der Waals surface area contributed by atoms with Crippen LogP contribution in [-0.4, -0.2) is 18.0 Å². The van der Waals surface area contributed by atoms with Crippen LogP contribution in [0.5, 0.6) is 0 Å². The number of rotatable bonds is 6. The molecule has 0 atom stereocenters. The summed E-state index contributed by atoms with van der Waals surface area (Å²) < 4.78 is 2.45. The normalized spacial score (nSPS) is 10.2. The van der Waals surface area contributed by atoms with E-state index >= 15 is 0 Å². The van der Waals surface area contributed by atoms with Crippen LogP contribution in [0.25, 0.3) is 0 Å². The average Bonchev–Trinajstić information content (AvgIpc) is 2.62. The largest absolute Gasteiger partial charge is 0.332 e. The van der Waals surface area contributed by atoms with Gasteiger partial charge in [-0.05, 0) is 19.3 Å². The SMILES string of the molecule is B.CCCCn1c(CC)nc(CC)c1CC. The zero-order chi connectivity index (χ0) is 11.3. The lowest BCUT2D eigenvalue weighted by atomic mass is 10.2. The van der Waals surface area contributed by atoms with Crippen LogP contribution >= 0.6 is 0 Å². The zero-order valence-electron chi connectivity index (χ0n) is 10.6. The minimum Gasteiger partial charge on any atom is -0.332 e. The number of aromatic nitrogens is 2. The lowest BCUT2D eigenvalue weighted by Gasteiger charge is -2.09. The van der Waals surface area contributed by atoms with E-state index in [1.165, 1.54) is 30.1 Å². The highest BCUT2D eigenvalue weighted by Crippen LogP contribution is 2.15. The van der Waals surface area contributed by atoms with Crippen molar-refractivity contribution < 1.29 is 0 Å². The van der Waals surface area contributed by atoms with Gasteiger partial charge in [0.05, 0.1) is 14.1 Å². The van der Waals surface area contributed by atoms with Crippen molar-refractivity contribution in [1.29, 1.82) is 0 Å². The molecule has 0 saturated carbocycles. The van der Waals surface area contributed by atoms with Crippen LogP contribution in [0.3, 0.4) is 0 Å². The van der Waals surface area contributed by atoms with Gasteiger partial charge in [-0.15, -0.1) is 0 Å². The molecule has 92 valence electrons. The summed E-state index contributed by atoms with van der Waals surface area (Å²) in [5, 5.41) is 0. The van der Waals surface area contributed by atoms with Gasteiger partial charge in [0.25, 0.3) is 0 Å². The van der Waals surface area contributed by atoms with Gasteiger partial charge in [-0.1, -0.05) is 34.1 Å². The molecular weight excluding hydrogens is 195 g/mol. The first-order chi connectivity index (χ1) is 7.28. The molecule has 2 nitrogen and oxygen atoms in total. The van der Waals surface area contributed by atoms with Crippen molar-refractivity contribution in [3.63, 3.8) is 0 Å². The van der Waals surface area contributed by atoms with Crippen LogP contribution in [0.2, 0.25) is 0 Å².